The first-order valence-corrected chi connectivity index (χ1v) is 2.35. The molecule has 8 heavy (non-hydrogen) atoms. The lowest BCUT2D eigenvalue weighted by Gasteiger charge is -1.82. The lowest BCUT2D eigenvalue weighted by atomic mass is 10.2. The molecule has 0 unspecified atom stereocenters. The second-order valence-corrected chi connectivity index (χ2v) is 1.61. The number of aromatic nitrogens is 2. The van der Waals surface area contributed by atoms with E-state index in [2.05, 4.69) is 10.2 Å². The molecule has 0 fully saturated rings. The van der Waals surface area contributed by atoms with Crippen molar-refractivity contribution in [2.24, 2.45) is 0 Å². The zero-order chi connectivity index (χ0) is 5.98. The molecule has 0 radical (unpaired) electrons. The van der Waals surface area contributed by atoms with Gasteiger partial charge in [-0.25, -0.2) is 0 Å². The largest absolute Gasteiger partial charge is 0.305 e. The van der Waals surface area contributed by atoms with Crippen molar-refractivity contribution in [3.05, 3.63) is 18.0 Å². The molecule has 0 aliphatic carbocycles. The van der Waals surface area contributed by atoms with E-state index in [0.29, 0.717) is 5.71 Å². The minimum absolute atomic E-state index is 0.541. The molecule has 0 aromatic carbocycles. The SMILES string of the molecule is CC(=N)c1cn[nH]c1. The second-order valence-electron chi connectivity index (χ2n) is 1.61. The van der Waals surface area contributed by atoms with Crippen LogP contribution in [-0.2, 0) is 0 Å². The van der Waals surface area contributed by atoms with E-state index in [1.165, 1.54) is 0 Å². The fourth-order valence-electron chi connectivity index (χ4n) is 0.456. The van der Waals surface area contributed by atoms with Gasteiger partial charge < -0.3 is 5.41 Å². The van der Waals surface area contributed by atoms with Crippen molar-refractivity contribution < 1.29 is 0 Å². The maximum absolute atomic E-state index is 7.09. The average Bonchev–Trinajstić information content (AvgIpc) is 2.12. The van der Waals surface area contributed by atoms with Crippen LogP contribution in [0.5, 0.6) is 0 Å². The molecule has 1 aromatic heterocycles. The Morgan fingerprint density at radius 3 is 2.88 bits per heavy atom. The van der Waals surface area contributed by atoms with Crippen LogP contribution in [-0.4, -0.2) is 15.9 Å². The van der Waals surface area contributed by atoms with Crippen LogP contribution in [0.25, 0.3) is 0 Å². The molecule has 1 aromatic rings. The molecule has 0 atom stereocenters. The van der Waals surface area contributed by atoms with Gasteiger partial charge in [0.2, 0.25) is 0 Å². The molecule has 0 amide bonds. The molecule has 0 bridgehead atoms. The number of hydrogen-bond acceptors (Lipinski definition) is 2. The van der Waals surface area contributed by atoms with Crippen molar-refractivity contribution in [3.63, 3.8) is 0 Å². The predicted molar refractivity (Wildman–Crippen MR) is 31.1 cm³/mol. The van der Waals surface area contributed by atoms with Gasteiger partial charge in [0, 0.05) is 17.5 Å². The van der Waals surface area contributed by atoms with Gasteiger partial charge in [-0.1, -0.05) is 0 Å². The summed E-state index contributed by atoms with van der Waals surface area (Å²) in [5.74, 6) is 0. The molecule has 0 saturated carbocycles. The first kappa shape index (κ1) is 5.03. The molecule has 42 valence electrons. The first-order chi connectivity index (χ1) is 3.80. The summed E-state index contributed by atoms with van der Waals surface area (Å²) in [6, 6.07) is 0. The summed E-state index contributed by atoms with van der Waals surface area (Å²) in [7, 11) is 0. The molecule has 1 rings (SSSR count). The maximum Gasteiger partial charge on any atom is 0.0577 e. The summed E-state index contributed by atoms with van der Waals surface area (Å²) in [5.41, 5.74) is 1.39. The van der Waals surface area contributed by atoms with E-state index in [-0.39, 0.29) is 0 Å². The molecule has 0 spiro atoms. The highest BCUT2D eigenvalue weighted by Crippen LogP contribution is 1.92. The van der Waals surface area contributed by atoms with E-state index in [9.17, 15) is 0 Å². The zero-order valence-corrected chi connectivity index (χ0v) is 4.60. The van der Waals surface area contributed by atoms with Crippen LogP contribution in [0.2, 0.25) is 0 Å². The molecule has 1 heterocycles. The van der Waals surface area contributed by atoms with Gasteiger partial charge in [-0.05, 0) is 6.92 Å². The molecular weight excluding hydrogens is 102 g/mol. The number of nitrogens with zero attached hydrogens (tertiary/aromatic N) is 1. The summed E-state index contributed by atoms with van der Waals surface area (Å²) < 4.78 is 0. The Labute approximate surface area is 47.2 Å². The summed E-state index contributed by atoms with van der Waals surface area (Å²) in [5, 5.41) is 13.4. The van der Waals surface area contributed by atoms with Crippen LogP contribution < -0.4 is 0 Å². The Balaban J connectivity index is 2.93. The van der Waals surface area contributed by atoms with Gasteiger partial charge in [-0.3, -0.25) is 5.10 Å². The molecule has 2 N–H and O–H groups in total. The van der Waals surface area contributed by atoms with Crippen molar-refractivity contribution in [2.45, 2.75) is 6.92 Å². The fraction of sp³-hybridized carbons (Fsp3) is 0.200. The van der Waals surface area contributed by atoms with Gasteiger partial charge >= 0.3 is 0 Å². The molecule has 0 saturated heterocycles. The van der Waals surface area contributed by atoms with Gasteiger partial charge in [0.15, 0.2) is 0 Å². The summed E-state index contributed by atoms with van der Waals surface area (Å²) in [6.07, 6.45) is 3.32. The Morgan fingerprint density at radius 2 is 2.62 bits per heavy atom. The van der Waals surface area contributed by atoms with Crippen LogP contribution in [0.4, 0.5) is 0 Å². The monoisotopic (exact) mass is 109 g/mol. The lowest BCUT2D eigenvalue weighted by Crippen LogP contribution is -1.85. The van der Waals surface area contributed by atoms with E-state index < -0.39 is 0 Å². The van der Waals surface area contributed by atoms with Gasteiger partial charge in [-0.15, -0.1) is 0 Å². The quantitative estimate of drug-likeness (QED) is 0.515. The van der Waals surface area contributed by atoms with Crippen LogP contribution in [0.1, 0.15) is 12.5 Å². The third-order valence-corrected chi connectivity index (χ3v) is 0.931. The third kappa shape index (κ3) is 0.753. The normalized spacial score (nSPS) is 9.12. The van der Waals surface area contributed by atoms with E-state index in [0.717, 1.165) is 5.56 Å². The fourth-order valence-corrected chi connectivity index (χ4v) is 0.456. The van der Waals surface area contributed by atoms with E-state index >= 15 is 0 Å². The maximum atomic E-state index is 7.09. The average molecular weight is 109 g/mol. The summed E-state index contributed by atoms with van der Waals surface area (Å²) >= 11 is 0. The number of aromatic amines is 1. The van der Waals surface area contributed by atoms with Crippen LogP contribution >= 0.6 is 0 Å². The Hall–Kier alpha value is -1.12. The minimum atomic E-state index is 0.541. The standard InChI is InChI=1S/C5H7N3/c1-4(6)5-2-7-8-3-5/h2-3,6H,1H3,(H,7,8). The van der Waals surface area contributed by atoms with Crippen molar-refractivity contribution in [3.8, 4) is 0 Å². The van der Waals surface area contributed by atoms with E-state index in [1.807, 2.05) is 0 Å². The van der Waals surface area contributed by atoms with Crippen LogP contribution in [0.3, 0.4) is 0 Å². The lowest BCUT2D eigenvalue weighted by molar-refractivity contribution is 1.09. The zero-order valence-electron chi connectivity index (χ0n) is 4.60. The first-order valence-electron chi connectivity index (χ1n) is 2.35. The second kappa shape index (κ2) is 1.78. The molecule has 0 aliphatic rings. The minimum Gasteiger partial charge on any atom is -0.305 e. The van der Waals surface area contributed by atoms with Crippen molar-refractivity contribution in [1.29, 1.82) is 5.41 Å². The molecule has 0 aliphatic heterocycles. The highest BCUT2D eigenvalue weighted by atomic mass is 15.1. The molecule has 3 nitrogen and oxygen atoms in total. The highest BCUT2D eigenvalue weighted by Gasteiger charge is 1.91. The molecular formula is C5H7N3. The van der Waals surface area contributed by atoms with Gasteiger partial charge in [0.05, 0.1) is 6.20 Å². The van der Waals surface area contributed by atoms with Gasteiger partial charge in [-0.2, -0.15) is 5.10 Å². The van der Waals surface area contributed by atoms with Crippen molar-refractivity contribution in [2.75, 3.05) is 0 Å². The van der Waals surface area contributed by atoms with Crippen molar-refractivity contribution in [1.82, 2.24) is 10.2 Å². The number of H-pyrrole nitrogens is 1. The Kier molecular flexibility index (Phi) is 1.12. The van der Waals surface area contributed by atoms with Gasteiger partial charge in [0.25, 0.3) is 0 Å². The highest BCUT2D eigenvalue weighted by molar-refractivity contribution is 5.95. The van der Waals surface area contributed by atoms with E-state index in [4.69, 9.17) is 5.41 Å². The van der Waals surface area contributed by atoms with Crippen LogP contribution in [0.15, 0.2) is 12.4 Å². The number of hydrogen-bond donors (Lipinski definition) is 2. The summed E-state index contributed by atoms with van der Waals surface area (Å²) in [6.45, 7) is 1.73. The van der Waals surface area contributed by atoms with Gasteiger partial charge in [0.1, 0.15) is 0 Å². The van der Waals surface area contributed by atoms with E-state index in [1.54, 1.807) is 19.3 Å². The number of rotatable bonds is 1. The summed E-state index contributed by atoms with van der Waals surface area (Å²) in [4.78, 5) is 0. The van der Waals surface area contributed by atoms with Crippen molar-refractivity contribution >= 4 is 5.71 Å². The Bertz CT molecular complexity index is 176. The predicted octanol–water partition coefficient (Wildman–Crippen LogP) is 0.797. The Morgan fingerprint density at radius 1 is 1.88 bits per heavy atom. The molecule has 3 heteroatoms. The smallest absolute Gasteiger partial charge is 0.0577 e. The number of nitrogens with one attached hydrogen (secondary N) is 2. The topological polar surface area (TPSA) is 52.5 Å². The third-order valence-electron chi connectivity index (χ3n) is 0.931. The van der Waals surface area contributed by atoms with Crippen LogP contribution in [0, 0.1) is 5.41 Å².